The fourth-order valence-electron chi connectivity index (χ4n) is 1.51. The van der Waals surface area contributed by atoms with Gasteiger partial charge in [0.1, 0.15) is 0 Å². The van der Waals surface area contributed by atoms with Crippen LogP contribution in [0.1, 0.15) is 6.92 Å². The van der Waals surface area contributed by atoms with Crippen molar-refractivity contribution in [3.05, 3.63) is 35.6 Å². The second kappa shape index (κ2) is 2.69. The first-order valence-electron chi connectivity index (χ1n) is 4.10. The molecule has 3 nitrogen and oxygen atoms in total. The van der Waals surface area contributed by atoms with E-state index in [0.717, 1.165) is 11.3 Å². The van der Waals surface area contributed by atoms with Gasteiger partial charge in [-0.1, -0.05) is 12.2 Å². The Morgan fingerprint density at radius 1 is 1.23 bits per heavy atom. The van der Waals surface area contributed by atoms with Crippen LogP contribution in [0.5, 0.6) is 0 Å². The number of fused-ring (bicyclic) bond motifs is 1. The Morgan fingerprint density at radius 2 is 2.00 bits per heavy atom. The lowest BCUT2D eigenvalue weighted by atomic mass is 9.89. The lowest BCUT2D eigenvalue weighted by Gasteiger charge is -2.23. The lowest BCUT2D eigenvalue weighted by molar-refractivity contribution is -0.118. The van der Waals surface area contributed by atoms with Crippen molar-refractivity contribution >= 4 is 11.7 Å². The van der Waals surface area contributed by atoms with Gasteiger partial charge in [-0.25, -0.2) is 0 Å². The van der Waals surface area contributed by atoms with Crippen molar-refractivity contribution in [1.82, 2.24) is 5.32 Å². The molecule has 1 aliphatic heterocycles. The summed E-state index contributed by atoms with van der Waals surface area (Å²) in [5.74, 6) is -0.409. The molecule has 0 aromatic heterocycles. The van der Waals surface area contributed by atoms with Gasteiger partial charge in [-0.15, -0.1) is 0 Å². The minimum Gasteiger partial charge on any atom is -0.325 e. The molecule has 1 N–H and O–H groups in total. The highest BCUT2D eigenvalue weighted by Gasteiger charge is 2.26. The number of hydrogen-bond donors (Lipinski definition) is 1. The van der Waals surface area contributed by atoms with Crippen LogP contribution in [0.25, 0.3) is 0 Å². The van der Waals surface area contributed by atoms with Crippen LogP contribution >= 0.6 is 0 Å². The third kappa shape index (κ3) is 1.22. The number of carbonyl (C=O) groups excluding carboxylic acids is 2. The molecule has 0 aromatic carbocycles. The van der Waals surface area contributed by atoms with Crippen LogP contribution in [-0.2, 0) is 9.59 Å². The summed E-state index contributed by atoms with van der Waals surface area (Å²) in [6, 6.07) is 0. The molecule has 0 saturated heterocycles. The van der Waals surface area contributed by atoms with Crippen molar-refractivity contribution in [2.45, 2.75) is 6.92 Å². The summed E-state index contributed by atoms with van der Waals surface area (Å²) in [5.41, 5.74) is 1.67. The highest BCUT2D eigenvalue weighted by atomic mass is 16.1. The quantitative estimate of drug-likeness (QED) is 0.589. The van der Waals surface area contributed by atoms with Gasteiger partial charge in [-0.05, 0) is 18.6 Å². The smallest absolute Gasteiger partial charge is 0.247 e. The van der Waals surface area contributed by atoms with E-state index in [1.54, 1.807) is 18.2 Å². The van der Waals surface area contributed by atoms with Gasteiger partial charge in [0.15, 0.2) is 5.78 Å². The minimum atomic E-state index is -0.275. The molecule has 1 amide bonds. The maximum atomic E-state index is 11.4. The van der Waals surface area contributed by atoms with Crippen molar-refractivity contribution in [2.75, 3.05) is 0 Å². The van der Waals surface area contributed by atoms with Gasteiger partial charge in [0, 0.05) is 11.8 Å². The molecule has 0 spiro atoms. The first-order valence-corrected chi connectivity index (χ1v) is 4.10. The zero-order valence-electron chi connectivity index (χ0n) is 7.20. The van der Waals surface area contributed by atoms with Crippen LogP contribution in [0.15, 0.2) is 35.6 Å². The maximum absolute atomic E-state index is 11.4. The summed E-state index contributed by atoms with van der Waals surface area (Å²) in [4.78, 5) is 22.4. The fourth-order valence-corrected chi connectivity index (χ4v) is 1.51. The van der Waals surface area contributed by atoms with Crippen LogP contribution in [0, 0.1) is 5.92 Å². The average Bonchev–Trinajstić information content (AvgIpc) is 2.12. The number of rotatable bonds is 0. The number of nitrogens with one attached hydrogen (secondary N) is 1. The van der Waals surface area contributed by atoms with Gasteiger partial charge >= 0.3 is 0 Å². The Kier molecular flexibility index (Phi) is 1.65. The summed E-state index contributed by atoms with van der Waals surface area (Å²) >= 11 is 0. The summed E-state index contributed by atoms with van der Waals surface area (Å²) in [5, 5.41) is 2.68. The van der Waals surface area contributed by atoms with Gasteiger partial charge in [0.05, 0.1) is 5.92 Å². The Bertz CT molecular complexity index is 374. The number of allylic oxidation sites excluding steroid dienone is 4. The maximum Gasteiger partial charge on any atom is 0.247 e. The number of amides is 1. The molecule has 0 radical (unpaired) electrons. The van der Waals surface area contributed by atoms with E-state index in [9.17, 15) is 9.59 Å². The van der Waals surface area contributed by atoms with E-state index in [0.29, 0.717) is 0 Å². The largest absolute Gasteiger partial charge is 0.325 e. The number of hydrogen-bond acceptors (Lipinski definition) is 2. The summed E-state index contributed by atoms with van der Waals surface area (Å²) in [7, 11) is 0. The molecule has 2 aliphatic rings. The van der Waals surface area contributed by atoms with Crippen LogP contribution in [0.4, 0.5) is 0 Å². The molecule has 1 unspecified atom stereocenters. The molecule has 2 rings (SSSR count). The molecule has 66 valence electrons. The Morgan fingerprint density at radius 3 is 2.77 bits per heavy atom. The third-order valence-electron chi connectivity index (χ3n) is 2.24. The minimum absolute atomic E-state index is 0.0249. The topological polar surface area (TPSA) is 46.2 Å². The fraction of sp³-hybridized carbons (Fsp3) is 0.200. The van der Waals surface area contributed by atoms with E-state index in [1.807, 2.05) is 6.92 Å². The van der Waals surface area contributed by atoms with E-state index in [-0.39, 0.29) is 17.6 Å². The van der Waals surface area contributed by atoms with E-state index in [4.69, 9.17) is 0 Å². The highest BCUT2D eigenvalue weighted by molar-refractivity contribution is 6.01. The van der Waals surface area contributed by atoms with Crippen LogP contribution in [0.2, 0.25) is 0 Å². The Balaban J connectivity index is 2.48. The Hall–Kier alpha value is -1.64. The molecule has 0 bridgehead atoms. The van der Waals surface area contributed by atoms with Crippen molar-refractivity contribution in [1.29, 1.82) is 0 Å². The second-order valence-electron chi connectivity index (χ2n) is 3.16. The summed E-state index contributed by atoms with van der Waals surface area (Å²) < 4.78 is 0. The molecular weight excluding hydrogens is 166 g/mol. The normalized spacial score (nSPS) is 26.1. The summed E-state index contributed by atoms with van der Waals surface area (Å²) in [6.45, 7) is 1.88. The van der Waals surface area contributed by atoms with Gasteiger partial charge in [0.25, 0.3) is 0 Å². The van der Waals surface area contributed by atoms with Crippen molar-refractivity contribution < 1.29 is 9.59 Å². The first kappa shape index (κ1) is 7.98. The molecule has 0 fully saturated rings. The van der Waals surface area contributed by atoms with Crippen LogP contribution < -0.4 is 5.32 Å². The SMILES string of the molecule is CC1=C2NC(=O)C=CC2C(=O)C=C1. The molecule has 13 heavy (non-hydrogen) atoms. The van der Waals surface area contributed by atoms with E-state index < -0.39 is 0 Å². The average molecular weight is 175 g/mol. The molecule has 1 atom stereocenters. The molecule has 0 aromatic rings. The zero-order chi connectivity index (χ0) is 9.42. The van der Waals surface area contributed by atoms with Crippen molar-refractivity contribution in [2.24, 2.45) is 5.92 Å². The van der Waals surface area contributed by atoms with E-state index >= 15 is 0 Å². The monoisotopic (exact) mass is 175 g/mol. The highest BCUT2D eigenvalue weighted by Crippen LogP contribution is 2.24. The van der Waals surface area contributed by atoms with Crippen molar-refractivity contribution in [3.63, 3.8) is 0 Å². The first-order chi connectivity index (χ1) is 6.18. The van der Waals surface area contributed by atoms with Gasteiger partial charge in [-0.3, -0.25) is 9.59 Å². The molecule has 1 heterocycles. The predicted octanol–water partition coefficient (Wildman–Crippen LogP) is 0.702. The molecule has 0 saturated carbocycles. The van der Waals surface area contributed by atoms with E-state index in [1.165, 1.54) is 6.08 Å². The summed E-state index contributed by atoms with van der Waals surface area (Å²) in [6.07, 6.45) is 6.32. The molecule has 3 heteroatoms. The lowest BCUT2D eigenvalue weighted by Crippen LogP contribution is -2.34. The van der Waals surface area contributed by atoms with Crippen molar-refractivity contribution in [3.8, 4) is 0 Å². The second-order valence-corrected chi connectivity index (χ2v) is 3.16. The van der Waals surface area contributed by atoms with Crippen LogP contribution in [0.3, 0.4) is 0 Å². The standard InChI is InChI=1S/C10H9NO2/c1-6-2-4-8(12)7-3-5-9(13)11-10(6)7/h2-5,7H,1H3,(H,11,13). The van der Waals surface area contributed by atoms with Gasteiger partial charge < -0.3 is 5.32 Å². The third-order valence-corrected chi connectivity index (χ3v) is 2.24. The predicted molar refractivity (Wildman–Crippen MR) is 47.6 cm³/mol. The van der Waals surface area contributed by atoms with Gasteiger partial charge in [-0.2, -0.15) is 0 Å². The molecular formula is C10H9NO2. The molecule has 1 aliphatic carbocycles. The number of carbonyl (C=O) groups is 2. The zero-order valence-corrected chi connectivity index (χ0v) is 7.20. The van der Waals surface area contributed by atoms with E-state index in [2.05, 4.69) is 5.32 Å². The Labute approximate surface area is 75.8 Å². The van der Waals surface area contributed by atoms with Crippen LogP contribution in [-0.4, -0.2) is 11.7 Å². The van der Waals surface area contributed by atoms with Gasteiger partial charge in [0.2, 0.25) is 5.91 Å². The number of ketones is 1.